The molecule has 2 amide bonds. The summed E-state index contributed by atoms with van der Waals surface area (Å²) in [6.07, 6.45) is 1.60. The first-order valence-corrected chi connectivity index (χ1v) is 11.2. The summed E-state index contributed by atoms with van der Waals surface area (Å²) in [6.45, 7) is 5.46. The van der Waals surface area contributed by atoms with Crippen LogP contribution in [0.4, 0.5) is 5.69 Å². The Bertz CT molecular complexity index is 895. The zero-order valence-electron chi connectivity index (χ0n) is 17.6. The van der Waals surface area contributed by atoms with Crippen LogP contribution in [0.5, 0.6) is 0 Å². The number of morpholine rings is 1. The van der Waals surface area contributed by atoms with Crippen molar-refractivity contribution in [3.05, 3.63) is 64.7 Å². The summed E-state index contributed by atoms with van der Waals surface area (Å²) in [5.74, 6) is -0.297. The van der Waals surface area contributed by atoms with Crippen LogP contribution >= 0.6 is 11.6 Å². The van der Waals surface area contributed by atoms with E-state index in [1.54, 1.807) is 29.2 Å². The molecule has 0 spiro atoms. The summed E-state index contributed by atoms with van der Waals surface area (Å²) in [6, 6.07) is 14.9. The third kappa shape index (κ3) is 5.85. The molecular weight excluding hydrogens is 414 g/mol. The van der Waals surface area contributed by atoms with Crippen molar-refractivity contribution in [3.8, 4) is 0 Å². The lowest BCUT2D eigenvalue weighted by Gasteiger charge is -2.32. The van der Waals surface area contributed by atoms with Gasteiger partial charge in [0.25, 0.3) is 5.91 Å². The van der Waals surface area contributed by atoms with Crippen molar-refractivity contribution in [3.63, 3.8) is 0 Å². The number of benzene rings is 2. The highest BCUT2D eigenvalue weighted by Crippen LogP contribution is 2.22. The number of carbonyl (C=O) groups excluding carboxylic acids is 2. The average molecular weight is 442 g/mol. The molecule has 2 aromatic rings. The summed E-state index contributed by atoms with van der Waals surface area (Å²) in [5, 5.41) is 3.62. The van der Waals surface area contributed by atoms with E-state index in [1.807, 2.05) is 12.1 Å². The number of ether oxygens (including phenoxy) is 1. The predicted molar refractivity (Wildman–Crippen MR) is 121 cm³/mol. The molecule has 0 radical (unpaired) electrons. The molecule has 2 saturated heterocycles. The first-order chi connectivity index (χ1) is 15.1. The number of nitrogens with zero attached hydrogens (tertiary/aromatic N) is 2. The van der Waals surface area contributed by atoms with Gasteiger partial charge in [0.15, 0.2) is 0 Å². The van der Waals surface area contributed by atoms with Crippen LogP contribution in [0.25, 0.3) is 0 Å². The Labute approximate surface area is 188 Å². The van der Waals surface area contributed by atoms with Crippen molar-refractivity contribution in [1.82, 2.24) is 9.80 Å². The van der Waals surface area contributed by atoms with E-state index < -0.39 is 0 Å². The highest BCUT2D eigenvalue weighted by Gasteiger charge is 2.29. The van der Waals surface area contributed by atoms with Gasteiger partial charge >= 0.3 is 0 Å². The summed E-state index contributed by atoms with van der Waals surface area (Å²) in [7, 11) is 0. The number of hydrogen-bond acceptors (Lipinski definition) is 4. The Morgan fingerprint density at radius 3 is 2.42 bits per heavy atom. The fourth-order valence-corrected chi connectivity index (χ4v) is 4.23. The molecule has 2 aliphatic heterocycles. The first-order valence-electron chi connectivity index (χ1n) is 10.8. The summed E-state index contributed by atoms with van der Waals surface area (Å²) in [4.78, 5) is 29.7. The van der Waals surface area contributed by atoms with Gasteiger partial charge in [-0.2, -0.15) is 0 Å². The van der Waals surface area contributed by atoms with Crippen molar-refractivity contribution in [2.45, 2.75) is 19.4 Å². The molecule has 2 heterocycles. The number of likely N-dealkylation sites (tertiary alicyclic amines) is 1. The molecule has 7 heteroatoms. The van der Waals surface area contributed by atoms with Gasteiger partial charge in [0.05, 0.1) is 19.1 Å². The van der Waals surface area contributed by atoms with Gasteiger partial charge in [-0.3, -0.25) is 14.5 Å². The molecule has 164 valence electrons. The third-order valence-electron chi connectivity index (χ3n) is 5.90. The second kappa shape index (κ2) is 10.3. The zero-order valence-corrected chi connectivity index (χ0v) is 18.3. The van der Waals surface area contributed by atoms with E-state index in [1.165, 1.54) is 5.56 Å². The van der Waals surface area contributed by atoms with Crippen LogP contribution in [-0.2, 0) is 16.1 Å². The molecule has 1 unspecified atom stereocenters. The van der Waals surface area contributed by atoms with Gasteiger partial charge in [-0.05, 0) is 54.8 Å². The lowest BCUT2D eigenvalue weighted by Crippen LogP contribution is -2.43. The molecule has 2 aromatic carbocycles. The van der Waals surface area contributed by atoms with Crippen LogP contribution < -0.4 is 5.32 Å². The lowest BCUT2D eigenvalue weighted by molar-refractivity contribution is -0.121. The maximum atomic E-state index is 12.8. The van der Waals surface area contributed by atoms with E-state index in [0.29, 0.717) is 23.7 Å². The molecule has 2 fully saturated rings. The highest BCUT2D eigenvalue weighted by atomic mass is 35.5. The van der Waals surface area contributed by atoms with E-state index >= 15 is 0 Å². The lowest BCUT2D eigenvalue weighted by atomic mass is 9.96. The normalized spacial score (nSPS) is 19.8. The Balaban J connectivity index is 1.31. The predicted octanol–water partition coefficient (Wildman–Crippen LogP) is 3.66. The fourth-order valence-electron chi connectivity index (χ4n) is 4.11. The van der Waals surface area contributed by atoms with Crippen molar-refractivity contribution in [1.29, 1.82) is 0 Å². The molecule has 31 heavy (non-hydrogen) atoms. The number of nitrogens with one attached hydrogen (secondary N) is 1. The topological polar surface area (TPSA) is 61.9 Å². The van der Waals surface area contributed by atoms with Crippen molar-refractivity contribution < 1.29 is 14.3 Å². The minimum Gasteiger partial charge on any atom is -0.379 e. The molecule has 0 aliphatic carbocycles. The van der Waals surface area contributed by atoms with E-state index in [2.05, 4.69) is 22.3 Å². The first kappa shape index (κ1) is 21.8. The Kier molecular flexibility index (Phi) is 7.22. The van der Waals surface area contributed by atoms with Crippen LogP contribution in [0.15, 0.2) is 48.5 Å². The van der Waals surface area contributed by atoms with Gasteiger partial charge in [0, 0.05) is 49.0 Å². The maximum Gasteiger partial charge on any atom is 0.253 e. The molecule has 4 rings (SSSR count). The summed E-state index contributed by atoms with van der Waals surface area (Å²) in [5.41, 5.74) is 2.61. The van der Waals surface area contributed by atoms with Gasteiger partial charge in [-0.1, -0.05) is 23.7 Å². The van der Waals surface area contributed by atoms with Gasteiger partial charge in [-0.25, -0.2) is 0 Å². The number of hydrogen-bond donors (Lipinski definition) is 1. The van der Waals surface area contributed by atoms with Crippen LogP contribution in [0.1, 0.15) is 28.8 Å². The molecule has 1 N–H and O–H groups in total. The van der Waals surface area contributed by atoms with Crippen LogP contribution in [0.2, 0.25) is 5.02 Å². The second-order valence-corrected chi connectivity index (χ2v) is 8.61. The summed E-state index contributed by atoms with van der Waals surface area (Å²) < 4.78 is 5.39. The van der Waals surface area contributed by atoms with E-state index in [-0.39, 0.29) is 17.7 Å². The van der Waals surface area contributed by atoms with Gasteiger partial charge in [-0.15, -0.1) is 0 Å². The Morgan fingerprint density at radius 2 is 1.71 bits per heavy atom. The monoisotopic (exact) mass is 441 g/mol. The number of anilines is 1. The molecule has 0 saturated carbocycles. The van der Waals surface area contributed by atoms with Gasteiger partial charge in [0.2, 0.25) is 5.91 Å². The number of rotatable bonds is 5. The van der Waals surface area contributed by atoms with Crippen LogP contribution in [0.3, 0.4) is 0 Å². The summed E-state index contributed by atoms with van der Waals surface area (Å²) >= 11 is 5.92. The largest absolute Gasteiger partial charge is 0.379 e. The van der Waals surface area contributed by atoms with Crippen LogP contribution in [0, 0.1) is 5.92 Å². The van der Waals surface area contributed by atoms with Crippen molar-refractivity contribution in [2.75, 3.05) is 44.7 Å². The Hall–Kier alpha value is -2.41. The second-order valence-electron chi connectivity index (χ2n) is 8.17. The molecular formula is C24H28ClN3O3. The minimum atomic E-state index is -0.210. The smallest absolute Gasteiger partial charge is 0.253 e. The van der Waals surface area contributed by atoms with E-state index in [4.69, 9.17) is 16.3 Å². The van der Waals surface area contributed by atoms with Crippen molar-refractivity contribution in [2.24, 2.45) is 5.92 Å². The third-order valence-corrected chi connectivity index (χ3v) is 6.15. The quantitative estimate of drug-likeness (QED) is 0.769. The molecule has 2 aliphatic rings. The number of amides is 2. The SMILES string of the molecule is O=C(Nc1ccc(CN2CCOCC2)cc1)C1CCCN(C(=O)c2ccc(Cl)cc2)C1. The maximum absolute atomic E-state index is 12.8. The number of carbonyl (C=O) groups is 2. The molecule has 6 nitrogen and oxygen atoms in total. The molecule has 0 bridgehead atoms. The van der Waals surface area contributed by atoms with Crippen molar-refractivity contribution >= 4 is 29.1 Å². The fraction of sp³-hybridized carbons (Fsp3) is 0.417. The molecule has 1 atom stereocenters. The zero-order chi connectivity index (χ0) is 21.6. The van der Waals surface area contributed by atoms with Gasteiger partial charge in [0.1, 0.15) is 0 Å². The average Bonchev–Trinajstić information content (AvgIpc) is 2.81. The minimum absolute atomic E-state index is 0.0328. The van der Waals surface area contributed by atoms with Gasteiger partial charge < -0.3 is 15.0 Å². The number of halogens is 1. The standard InChI is InChI=1S/C24H28ClN3O3/c25-21-7-5-19(6-8-21)24(30)28-11-1-2-20(17-28)23(29)26-22-9-3-18(4-10-22)16-27-12-14-31-15-13-27/h3-10,20H,1-2,11-17H2,(H,26,29). The molecule has 0 aromatic heterocycles. The van der Waals surface area contributed by atoms with Crippen LogP contribution in [-0.4, -0.2) is 61.0 Å². The number of piperidine rings is 1. The Morgan fingerprint density at radius 1 is 1.00 bits per heavy atom. The highest BCUT2D eigenvalue weighted by molar-refractivity contribution is 6.30. The van der Waals surface area contributed by atoms with E-state index in [0.717, 1.165) is 51.4 Å². The van der Waals surface area contributed by atoms with E-state index in [9.17, 15) is 9.59 Å².